The lowest BCUT2D eigenvalue weighted by Gasteiger charge is -2.12. The summed E-state index contributed by atoms with van der Waals surface area (Å²) in [6.07, 6.45) is 0. The maximum atomic E-state index is 12.9. The minimum atomic E-state index is -3.75. The van der Waals surface area contributed by atoms with Gasteiger partial charge in [0, 0.05) is 10.9 Å². The third kappa shape index (κ3) is 5.33. The Kier molecular flexibility index (Phi) is 5.98. The van der Waals surface area contributed by atoms with E-state index in [2.05, 4.69) is 5.32 Å². The summed E-state index contributed by atoms with van der Waals surface area (Å²) in [6.45, 7) is 1.94. The number of anilines is 1. The van der Waals surface area contributed by atoms with Crippen molar-refractivity contribution in [2.75, 3.05) is 11.1 Å². The number of nitrogens with two attached hydrogens (primary N) is 1. The maximum Gasteiger partial charge on any atom is 0.238 e. The van der Waals surface area contributed by atoms with Gasteiger partial charge in [0.15, 0.2) is 0 Å². The molecular formula is C16H17FN2O3S2. The van der Waals surface area contributed by atoms with Crippen LogP contribution in [-0.4, -0.2) is 20.1 Å². The standard InChI is InChI=1S/C16H17FN2O3S2/c1-11(12-2-4-13(17)5-3-12)23-10-16(20)19-14-6-8-15(9-7-14)24(18,21)22/h2-9,11H,10H2,1H3,(H,19,20)(H2,18,21,22). The van der Waals surface area contributed by atoms with Gasteiger partial charge in [-0.3, -0.25) is 4.79 Å². The molecule has 0 heterocycles. The van der Waals surface area contributed by atoms with Crippen LogP contribution in [0.25, 0.3) is 0 Å². The first kappa shape index (κ1) is 18.4. The van der Waals surface area contributed by atoms with Gasteiger partial charge in [-0.05, 0) is 48.9 Å². The molecule has 0 fully saturated rings. The zero-order valence-electron chi connectivity index (χ0n) is 12.9. The van der Waals surface area contributed by atoms with E-state index >= 15 is 0 Å². The van der Waals surface area contributed by atoms with Crippen molar-refractivity contribution in [1.82, 2.24) is 0 Å². The lowest BCUT2D eigenvalue weighted by Crippen LogP contribution is -2.15. The highest BCUT2D eigenvalue weighted by molar-refractivity contribution is 8.00. The Morgan fingerprint density at radius 2 is 1.75 bits per heavy atom. The number of amides is 1. The van der Waals surface area contributed by atoms with Crippen LogP contribution >= 0.6 is 11.8 Å². The van der Waals surface area contributed by atoms with Crippen LogP contribution in [0.3, 0.4) is 0 Å². The van der Waals surface area contributed by atoms with Crippen LogP contribution < -0.4 is 10.5 Å². The number of nitrogens with one attached hydrogen (secondary N) is 1. The predicted octanol–water partition coefficient (Wildman–Crippen LogP) is 2.91. The summed E-state index contributed by atoms with van der Waals surface area (Å²) in [4.78, 5) is 11.9. The zero-order valence-corrected chi connectivity index (χ0v) is 14.5. The highest BCUT2D eigenvalue weighted by Gasteiger charge is 2.11. The maximum absolute atomic E-state index is 12.9. The number of thioether (sulfide) groups is 1. The van der Waals surface area contributed by atoms with Crippen LogP contribution in [0.2, 0.25) is 0 Å². The number of hydrogen-bond acceptors (Lipinski definition) is 4. The van der Waals surface area contributed by atoms with Crippen LogP contribution in [0.4, 0.5) is 10.1 Å². The van der Waals surface area contributed by atoms with Gasteiger partial charge in [0.05, 0.1) is 10.6 Å². The largest absolute Gasteiger partial charge is 0.325 e. The predicted molar refractivity (Wildman–Crippen MR) is 93.7 cm³/mol. The first-order valence-electron chi connectivity index (χ1n) is 7.05. The Balaban J connectivity index is 1.88. The molecule has 0 radical (unpaired) electrons. The topological polar surface area (TPSA) is 89.3 Å². The number of primary sulfonamides is 1. The monoisotopic (exact) mass is 368 g/mol. The molecule has 3 N–H and O–H groups in total. The summed E-state index contributed by atoms with van der Waals surface area (Å²) in [6, 6.07) is 11.8. The normalized spacial score (nSPS) is 12.6. The number of benzene rings is 2. The third-order valence-electron chi connectivity index (χ3n) is 3.27. The van der Waals surface area contributed by atoms with Gasteiger partial charge in [0.25, 0.3) is 0 Å². The fraction of sp³-hybridized carbons (Fsp3) is 0.188. The number of sulfonamides is 1. The molecule has 1 atom stereocenters. The molecule has 0 saturated carbocycles. The fourth-order valence-electron chi connectivity index (χ4n) is 1.96. The number of rotatable bonds is 6. The Hall–Kier alpha value is -1.90. The quantitative estimate of drug-likeness (QED) is 0.820. The van der Waals surface area contributed by atoms with Gasteiger partial charge in [0.1, 0.15) is 5.82 Å². The minimum absolute atomic E-state index is 0.0141. The van der Waals surface area contributed by atoms with E-state index in [1.165, 1.54) is 48.2 Å². The average Bonchev–Trinajstić information content (AvgIpc) is 2.53. The van der Waals surface area contributed by atoms with Crippen molar-refractivity contribution in [1.29, 1.82) is 0 Å². The van der Waals surface area contributed by atoms with Crippen molar-refractivity contribution in [2.45, 2.75) is 17.1 Å². The SMILES string of the molecule is CC(SCC(=O)Nc1ccc(S(N)(=O)=O)cc1)c1ccc(F)cc1. The van der Waals surface area contributed by atoms with Gasteiger partial charge in [-0.1, -0.05) is 12.1 Å². The van der Waals surface area contributed by atoms with Gasteiger partial charge >= 0.3 is 0 Å². The molecule has 1 unspecified atom stereocenters. The van der Waals surface area contributed by atoms with Crippen molar-refractivity contribution < 1.29 is 17.6 Å². The van der Waals surface area contributed by atoms with Crippen molar-refractivity contribution >= 4 is 33.4 Å². The van der Waals surface area contributed by atoms with E-state index in [0.717, 1.165) is 5.56 Å². The van der Waals surface area contributed by atoms with Crippen molar-refractivity contribution in [3.05, 3.63) is 59.9 Å². The summed E-state index contributed by atoms with van der Waals surface area (Å²) >= 11 is 1.42. The van der Waals surface area contributed by atoms with Crippen LogP contribution in [0, 0.1) is 5.82 Å². The zero-order chi connectivity index (χ0) is 17.7. The van der Waals surface area contributed by atoms with Gasteiger partial charge in [-0.15, -0.1) is 11.8 Å². The van der Waals surface area contributed by atoms with Crippen LogP contribution in [-0.2, 0) is 14.8 Å². The van der Waals surface area contributed by atoms with E-state index in [0.29, 0.717) is 5.69 Å². The van der Waals surface area contributed by atoms with Crippen LogP contribution in [0.1, 0.15) is 17.7 Å². The molecule has 0 aliphatic carbocycles. The second kappa shape index (κ2) is 7.78. The molecular weight excluding hydrogens is 351 g/mol. The first-order chi connectivity index (χ1) is 11.3. The molecule has 0 spiro atoms. The molecule has 24 heavy (non-hydrogen) atoms. The molecule has 2 aromatic rings. The molecule has 2 rings (SSSR count). The number of carbonyl (C=O) groups excluding carboxylic acids is 1. The third-order valence-corrected chi connectivity index (χ3v) is 5.40. The van der Waals surface area contributed by atoms with Crippen molar-refractivity contribution in [3.63, 3.8) is 0 Å². The minimum Gasteiger partial charge on any atom is -0.325 e. The number of halogens is 1. The lowest BCUT2D eigenvalue weighted by molar-refractivity contribution is -0.113. The smallest absolute Gasteiger partial charge is 0.238 e. The molecule has 1 amide bonds. The molecule has 5 nitrogen and oxygen atoms in total. The second-order valence-corrected chi connectivity index (χ2v) is 8.01. The van der Waals surface area contributed by atoms with Gasteiger partial charge in [0.2, 0.25) is 15.9 Å². The summed E-state index contributed by atoms with van der Waals surface area (Å²) in [5.74, 6) is -0.288. The van der Waals surface area contributed by atoms with Gasteiger partial charge in [-0.25, -0.2) is 17.9 Å². The van der Waals surface area contributed by atoms with E-state index in [4.69, 9.17) is 5.14 Å². The number of carbonyl (C=O) groups is 1. The fourth-order valence-corrected chi connectivity index (χ4v) is 3.29. The van der Waals surface area contributed by atoms with E-state index in [1.54, 1.807) is 12.1 Å². The summed E-state index contributed by atoms with van der Waals surface area (Å²) in [7, 11) is -3.75. The van der Waals surface area contributed by atoms with E-state index < -0.39 is 10.0 Å². The van der Waals surface area contributed by atoms with Crippen molar-refractivity contribution in [2.24, 2.45) is 5.14 Å². The second-order valence-electron chi connectivity index (χ2n) is 5.12. The number of hydrogen-bond donors (Lipinski definition) is 2. The van der Waals surface area contributed by atoms with Gasteiger partial charge < -0.3 is 5.32 Å². The first-order valence-corrected chi connectivity index (χ1v) is 9.65. The molecule has 2 aromatic carbocycles. The Morgan fingerprint density at radius 3 is 2.29 bits per heavy atom. The van der Waals surface area contributed by atoms with Gasteiger partial charge in [-0.2, -0.15) is 0 Å². The summed E-state index contributed by atoms with van der Waals surface area (Å²) < 4.78 is 35.2. The van der Waals surface area contributed by atoms with Crippen molar-refractivity contribution in [3.8, 4) is 0 Å². The van der Waals surface area contributed by atoms with E-state index in [1.807, 2.05) is 6.92 Å². The Bertz CT molecular complexity index is 806. The molecule has 8 heteroatoms. The highest BCUT2D eigenvalue weighted by Crippen LogP contribution is 2.28. The lowest BCUT2D eigenvalue weighted by atomic mass is 10.2. The molecule has 0 bridgehead atoms. The molecule has 0 aliphatic rings. The molecule has 0 saturated heterocycles. The van der Waals surface area contributed by atoms with E-state index in [-0.39, 0.29) is 27.6 Å². The van der Waals surface area contributed by atoms with E-state index in [9.17, 15) is 17.6 Å². The highest BCUT2D eigenvalue weighted by atomic mass is 32.2. The summed E-state index contributed by atoms with van der Waals surface area (Å²) in [5, 5.41) is 7.74. The average molecular weight is 368 g/mol. The molecule has 0 aromatic heterocycles. The Labute approximate surface area is 144 Å². The molecule has 128 valence electrons. The molecule has 0 aliphatic heterocycles. The Morgan fingerprint density at radius 1 is 1.17 bits per heavy atom. The van der Waals surface area contributed by atoms with Crippen LogP contribution in [0.15, 0.2) is 53.4 Å². The van der Waals surface area contributed by atoms with Crippen LogP contribution in [0.5, 0.6) is 0 Å². The summed E-state index contributed by atoms with van der Waals surface area (Å²) in [5.41, 5.74) is 1.43.